The maximum atomic E-state index is 10.3. The smallest absolute Gasteiger partial charge is 0.303 e. The second-order valence-electron chi connectivity index (χ2n) is 8.53. The molecule has 2 rings (SSSR count). The van der Waals surface area contributed by atoms with E-state index in [9.17, 15) is 4.79 Å². The highest BCUT2D eigenvalue weighted by Gasteiger charge is 1.96. The van der Waals surface area contributed by atoms with E-state index in [0.29, 0.717) is 13.0 Å². The normalized spacial score (nSPS) is 10.6. The maximum absolute atomic E-state index is 10.3. The number of carboxylic acids is 1. The molecule has 0 heterocycles. The Labute approximate surface area is 206 Å². The van der Waals surface area contributed by atoms with Crippen molar-refractivity contribution in [1.29, 1.82) is 0 Å². The Balaban J connectivity index is 0.000000375. The third-order valence-electron chi connectivity index (χ3n) is 5.43. The van der Waals surface area contributed by atoms with Gasteiger partial charge in [0.15, 0.2) is 0 Å². The van der Waals surface area contributed by atoms with Gasteiger partial charge in [-0.2, -0.15) is 0 Å². The van der Waals surface area contributed by atoms with E-state index >= 15 is 0 Å². The summed E-state index contributed by atoms with van der Waals surface area (Å²) in [5.41, 5.74) is 0. The minimum Gasteiger partial charge on any atom is -0.481 e. The lowest BCUT2D eigenvalue weighted by Crippen LogP contribution is -1.93. The van der Waals surface area contributed by atoms with Crippen molar-refractivity contribution in [3.8, 4) is 11.5 Å². The molecule has 0 aliphatic heterocycles. The van der Waals surface area contributed by atoms with E-state index in [0.717, 1.165) is 43.6 Å². The summed E-state index contributed by atoms with van der Waals surface area (Å²) in [5, 5.41) is 17.2. The van der Waals surface area contributed by atoms with Crippen LogP contribution in [0.4, 0.5) is 0 Å². The number of allylic oxidation sites excluding steroid dienone is 2. The van der Waals surface area contributed by atoms with Crippen molar-refractivity contribution >= 4 is 5.97 Å². The molecule has 0 spiro atoms. The van der Waals surface area contributed by atoms with Crippen LogP contribution in [0.2, 0.25) is 0 Å². The van der Waals surface area contributed by atoms with Gasteiger partial charge in [-0.25, -0.2) is 0 Å². The molecule has 0 aliphatic rings. The summed E-state index contributed by atoms with van der Waals surface area (Å²) in [6, 6.07) is 19.5. The monoisotopic (exact) mass is 468 g/mol. The number of ether oxygens (including phenoxy) is 1. The Hall–Kier alpha value is -2.59. The number of carboxylic acid groups (broad SMARTS) is 1. The molecule has 0 aliphatic carbocycles. The van der Waals surface area contributed by atoms with Crippen molar-refractivity contribution in [2.24, 2.45) is 0 Å². The Kier molecular flexibility index (Phi) is 19.2. The molecule has 2 N–H and O–H groups in total. The summed E-state index contributed by atoms with van der Waals surface area (Å²) in [6.45, 7) is 0.336. The Morgan fingerprint density at radius 3 is 1.47 bits per heavy atom. The molecule has 0 saturated heterocycles. The first-order valence-electron chi connectivity index (χ1n) is 13.0. The first-order chi connectivity index (χ1) is 16.7. The van der Waals surface area contributed by atoms with Gasteiger partial charge >= 0.3 is 5.97 Å². The van der Waals surface area contributed by atoms with Gasteiger partial charge in [-0.1, -0.05) is 93.5 Å². The highest BCUT2D eigenvalue weighted by molar-refractivity contribution is 5.66. The maximum Gasteiger partial charge on any atom is 0.303 e. The first-order valence-corrected chi connectivity index (χ1v) is 13.0. The van der Waals surface area contributed by atoms with E-state index in [2.05, 4.69) is 12.2 Å². The third kappa shape index (κ3) is 18.9. The van der Waals surface area contributed by atoms with Crippen molar-refractivity contribution < 1.29 is 19.7 Å². The van der Waals surface area contributed by atoms with Crippen LogP contribution < -0.4 is 4.74 Å². The Bertz CT molecular complexity index is 690. The number of hydrogen-bond acceptors (Lipinski definition) is 3. The average Bonchev–Trinajstić information content (AvgIpc) is 2.85. The largest absolute Gasteiger partial charge is 0.481 e. The van der Waals surface area contributed by atoms with Gasteiger partial charge in [-0.15, -0.1) is 0 Å². The van der Waals surface area contributed by atoms with E-state index in [1.165, 1.54) is 51.4 Å². The van der Waals surface area contributed by atoms with Crippen LogP contribution in [0.5, 0.6) is 11.5 Å². The predicted molar refractivity (Wildman–Crippen MR) is 141 cm³/mol. The number of carbonyl (C=O) groups is 1. The highest BCUT2D eigenvalue weighted by atomic mass is 16.5. The summed E-state index contributed by atoms with van der Waals surface area (Å²) in [5.74, 6) is 1.06. The second-order valence-corrected chi connectivity index (χ2v) is 8.53. The SMILES string of the molecule is O=C(O)CCCCCCC/C=C\CCCCCCCCO.c1ccc(Oc2ccccc2)cc1. The minimum atomic E-state index is -0.675. The Morgan fingerprint density at radius 1 is 0.618 bits per heavy atom. The van der Waals surface area contributed by atoms with Gasteiger partial charge in [-0.3, -0.25) is 4.79 Å². The van der Waals surface area contributed by atoms with Crippen LogP contribution in [0.1, 0.15) is 89.9 Å². The fraction of sp³-hybridized carbons (Fsp3) is 0.500. The van der Waals surface area contributed by atoms with Crippen LogP contribution in [-0.4, -0.2) is 22.8 Å². The molecule has 0 fully saturated rings. The van der Waals surface area contributed by atoms with Gasteiger partial charge in [0, 0.05) is 13.0 Å². The molecule has 4 nitrogen and oxygen atoms in total. The second kappa shape index (κ2) is 22.2. The third-order valence-corrected chi connectivity index (χ3v) is 5.43. The fourth-order valence-electron chi connectivity index (χ4n) is 3.50. The van der Waals surface area contributed by atoms with E-state index in [4.69, 9.17) is 14.9 Å². The van der Waals surface area contributed by atoms with Crippen LogP contribution in [0.3, 0.4) is 0 Å². The van der Waals surface area contributed by atoms with Crippen molar-refractivity contribution in [3.05, 3.63) is 72.8 Å². The average molecular weight is 469 g/mol. The van der Waals surface area contributed by atoms with Crippen molar-refractivity contribution in [2.45, 2.75) is 89.9 Å². The van der Waals surface area contributed by atoms with Gasteiger partial charge in [-0.05, 0) is 62.8 Å². The predicted octanol–water partition coefficient (Wildman–Crippen LogP) is 8.56. The molecular weight excluding hydrogens is 424 g/mol. The van der Waals surface area contributed by atoms with E-state index < -0.39 is 5.97 Å². The van der Waals surface area contributed by atoms with E-state index in [1.54, 1.807) is 0 Å². The molecule has 4 heteroatoms. The molecule has 0 saturated carbocycles. The first kappa shape index (κ1) is 29.4. The molecule has 2 aromatic carbocycles. The fourth-order valence-corrected chi connectivity index (χ4v) is 3.50. The molecule has 0 amide bonds. The zero-order chi connectivity index (χ0) is 24.5. The molecule has 2 aromatic rings. The van der Waals surface area contributed by atoms with Crippen molar-refractivity contribution in [3.63, 3.8) is 0 Å². The Morgan fingerprint density at radius 2 is 1.03 bits per heavy atom. The van der Waals surface area contributed by atoms with Gasteiger partial charge in [0.1, 0.15) is 11.5 Å². The number of para-hydroxylation sites is 2. The van der Waals surface area contributed by atoms with E-state index in [1.807, 2.05) is 60.7 Å². The summed E-state index contributed by atoms with van der Waals surface area (Å²) in [7, 11) is 0. The number of aliphatic hydroxyl groups excluding tert-OH is 1. The van der Waals surface area contributed by atoms with Gasteiger partial charge < -0.3 is 14.9 Å². The number of rotatable bonds is 18. The molecule has 0 unspecified atom stereocenters. The molecule has 0 aromatic heterocycles. The van der Waals surface area contributed by atoms with Crippen molar-refractivity contribution in [1.82, 2.24) is 0 Å². The topological polar surface area (TPSA) is 66.8 Å². The van der Waals surface area contributed by atoms with Crippen LogP contribution in [0.25, 0.3) is 0 Å². The summed E-state index contributed by atoms with van der Waals surface area (Å²) in [6.07, 6.45) is 20.0. The number of benzene rings is 2. The number of aliphatic hydroxyl groups is 1. The van der Waals surface area contributed by atoms with Crippen LogP contribution in [-0.2, 0) is 4.79 Å². The molecular formula is C30H44O4. The molecule has 188 valence electrons. The van der Waals surface area contributed by atoms with Crippen LogP contribution in [0, 0.1) is 0 Å². The molecule has 0 atom stereocenters. The number of aliphatic carboxylic acids is 1. The quantitative estimate of drug-likeness (QED) is 0.170. The molecule has 0 radical (unpaired) electrons. The van der Waals surface area contributed by atoms with Gasteiger partial charge in [0.25, 0.3) is 0 Å². The zero-order valence-electron chi connectivity index (χ0n) is 20.7. The molecule has 34 heavy (non-hydrogen) atoms. The summed E-state index contributed by atoms with van der Waals surface area (Å²) >= 11 is 0. The lowest BCUT2D eigenvalue weighted by atomic mass is 10.1. The lowest BCUT2D eigenvalue weighted by Gasteiger charge is -2.03. The molecule has 0 bridgehead atoms. The van der Waals surface area contributed by atoms with E-state index in [-0.39, 0.29) is 0 Å². The minimum absolute atomic E-state index is 0.319. The summed E-state index contributed by atoms with van der Waals surface area (Å²) < 4.78 is 5.58. The van der Waals surface area contributed by atoms with Crippen LogP contribution in [0.15, 0.2) is 72.8 Å². The number of unbranched alkanes of at least 4 members (excludes halogenated alkanes) is 11. The van der Waals surface area contributed by atoms with Gasteiger partial charge in [0.2, 0.25) is 0 Å². The van der Waals surface area contributed by atoms with Crippen molar-refractivity contribution in [2.75, 3.05) is 6.61 Å². The van der Waals surface area contributed by atoms with Crippen LogP contribution >= 0.6 is 0 Å². The zero-order valence-corrected chi connectivity index (χ0v) is 20.7. The lowest BCUT2D eigenvalue weighted by molar-refractivity contribution is -0.137. The highest BCUT2D eigenvalue weighted by Crippen LogP contribution is 2.19. The van der Waals surface area contributed by atoms with Gasteiger partial charge in [0.05, 0.1) is 0 Å². The summed E-state index contributed by atoms with van der Waals surface area (Å²) in [4.78, 5) is 10.3. The number of hydrogen-bond donors (Lipinski definition) is 2. The standard InChI is InChI=1S/C18H34O3.C12H10O/c19-17-15-13-11-9-7-5-3-1-2-4-6-8-10-12-14-16-18(20)21;1-3-7-11(8-4-1)13-12-9-5-2-6-10-12/h1-2,19H,3-17H2,(H,20,21);1-10H/b2-1-;.